The summed E-state index contributed by atoms with van der Waals surface area (Å²) < 4.78 is 5.85. The van der Waals surface area contributed by atoms with Gasteiger partial charge in [0.25, 0.3) is 5.56 Å². The topological polar surface area (TPSA) is 71.1 Å². The molecule has 1 fully saturated rings. The van der Waals surface area contributed by atoms with Crippen LogP contribution in [0, 0.1) is 6.92 Å². The summed E-state index contributed by atoms with van der Waals surface area (Å²) >= 11 is 0. The van der Waals surface area contributed by atoms with E-state index in [2.05, 4.69) is 32.8 Å². The normalized spacial score (nSPS) is 18.9. The van der Waals surface area contributed by atoms with Gasteiger partial charge < -0.3 is 9.72 Å². The van der Waals surface area contributed by atoms with Crippen molar-refractivity contribution in [2.45, 2.75) is 32.4 Å². The Morgan fingerprint density at radius 2 is 2.35 bits per heavy atom. The summed E-state index contributed by atoms with van der Waals surface area (Å²) in [5.74, 6) is 0. The quantitative estimate of drug-likeness (QED) is 0.901. The van der Waals surface area contributed by atoms with Crippen LogP contribution in [0.2, 0.25) is 0 Å². The average molecular weight is 314 g/mol. The van der Waals surface area contributed by atoms with E-state index in [1.165, 1.54) is 11.9 Å². The summed E-state index contributed by atoms with van der Waals surface area (Å²) in [5.41, 5.74) is 3.06. The maximum absolute atomic E-state index is 11.3. The van der Waals surface area contributed by atoms with E-state index in [4.69, 9.17) is 4.74 Å². The molecule has 1 saturated heterocycles. The van der Waals surface area contributed by atoms with Crippen molar-refractivity contribution in [2.24, 2.45) is 0 Å². The van der Waals surface area contributed by atoms with Gasteiger partial charge in [-0.1, -0.05) is 6.07 Å². The van der Waals surface area contributed by atoms with Gasteiger partial charge >= 0.3 is 0 Å². The molecule has 1 atom stereocenters. The molecule has 2 aromatic rings. The first-order valence-corrected chi connectivity index (χ1v) is 7.99. The molecule has 0 saturated carbocycles. The third kappa shape index (κ3) is 4.46. The molecule has 1 N–H and O–H groups in total. The van der Waals surface area contributed by atoms with Gasteiger partial charge in [0, 0.05) is 37.6 Å². The number of pyridine rings is 1. The van der Waals surface area contributed by atoms with Crippen molar-refractivity contribution in [1.29, 1.82) is 0 Å². The minimum absolute atomic E-state index is 0.105. The van der Waals surface area contributed by atoms with Gasteiger partial charge in [0.05, 0.1) is 24.7 Å². The summed E-state index contributed by atoms with van der Waals surface area (Å²) in [5, 5.41) is 0. The molecular weight excluding hydrogens is 292 g/mol. The summed E-state index contributed by atoms with van der Waals surface area (Å²) in [4.78, 5) is 24.9. The van der Waals surface area contributed by atoms with Crippen molar-refractivity contribution >= 4 is 0 Å². The second kappa shape index (κ2) is 7.48. The number of aromatic amines is 1. The Balaban J connectivity index is 1.54. The second-order valence-corrected chi connectivity index (χ2v) is 5.94. The summed E-state index contributed by atoms with van der Waals surface area (Å²) in [6, 6.07) is 5.62. The smallest absolute Gasteiger partial charge is 0.250 e. The highest BCUT2D eigenvalue weighted by atomic mass is 16.5. The molecule has 3 heterocycles. The molecule has 0 radical (unpaired) electrons. The first-order valence-electron chi connectivity index (χ1n) is 7.99. The molecule has 6 nitrogen and oxygen atoms in total. The van der Waals surface area contributed by atoms with Crippen molar-refractivity contribution in [2.75, 3.05) is 19.7 Å². The monoisotopic (exact) mass is 314 g/mol. The zero-order chi connectivity index (χ0) is 16.1. The van der Waals surface area contributed by atoms with E-state index < -0.39 is 0 Å². The lowest BCUT2D eigenvalue weighted by molar-refractivity contribution is -0.0350. The molecule has 0 spiro atoms. The standard InChI is InChI=1S/C17H22N4O2/c1-13-3-2-6-18-16(13)11-21-7-8-23-15(10-21)5-4-14-9-17(22)20-12-19-14/h2-3,6,9,12,15H,4-5,7-8,10-11H2,1H3,(H,19,20,22)/t15-/m1/s1. The van der Waals surface area contributed by atoms with Crippen molar-refractivity contribution in [1.82, 2.24) is 19.9 Å². The number of hydrogen-bond donors (Lipinski definition) is 1. The van der Waals surface area contributed by atoms with E-state index >= 15 is 0 Å². The number of morpholine rings is 1. The first kappa shape index (κ1) is 15.8. The van der Waals surface area contributed by atoms with Crippen LogP contribution >= 0.6 is 0 Å². The SMILES string of the molecule is Cc1cccnc1CN1CCO[C@H](CCc2cc(=O)[nH]cn2)C1. The lowest BCUT2D eigenvalue weighted by Gasteiger charge is -2.33. The van der Waals surface area contributed by atoms with Crippen LogP contribution in [0.5, 0.6) is 0 Å². The van der Waals surface area contributed by atoms with Crippen LogP contribution in [0.25, 0.3) is 0 Å². The molecule has 3 rings (SSSR count). The van der Waals surface area contributed by atoms with Crippen LogP contribution in [0.3, 0.4) is 0 Å². The van der Waals surface area contributed by atoms with Crippen LogP contribution in [0.1, 0.15) is 23.4 Å². The van der Waals surface area contributed by atoms with Gasteiger partial charge in [0.1, 0.15) is 0 Å². The maximum atomic E-state index is 11.3. The Kier molecular flexibility index (Phi) is 5.15. The number of aryl methyl sites for hydroxylation is 2. The minimum atomic E-state index is -0.105. The number of H-pyrrole nitrogens is 1. The molecule has 0 unspecified atom stereocenters. The summed E-state index contributed by atoms with van der Waals surface area (Å²) in [7, 11) is 0. The van der Waals surface area contributed by atoms with Gasteiger partial charge in [-0.25, -0.2) is 4.98 Å². The fraction of sp³-hybridized carbons (Fsp3) is 0.471. The Bertz CT molecular complexity index is 701. The number of aromatic nitrogens is 3. The molecule has 6 heteroatoms. The average Bonchev–Trinajstić information content (AvgIpc) is 2.56. The predicted molar refractivity (Wildman–Crippen MR) is 87.2 cm³/mol. The van der Waals surface area contributed by atoms with Crippen molar-refractivity contribution in [3.8, 4) is 0 Å². The van der Waals surface area contributed by atoms with Gasteiger partial charge in [-0.15, -0.1) is 0 Å². The molecule has 1 aliphatic rings. The Hall–Kier alpha value is -2.05. The molecule has 0 aromatic carbocycles. The van der Waals surface area contributed by atoms with E-state index in [9.17, 15) is 4.79 Å². The van der Waals surface area contributed by atoms with Crippen molar-refractivity contribution in [3.05, 3.63) is 58.0 Å². The van der Waals surface area contributed by atoms with Crippen LogP contribution in [-0.2, 0) is 17.7 Å². The molecule has 0 aliphatic carbocycles. The molecule has 0 bridgehead atoms. The lowest BCUT2D eigenvalue weighted by atomic mass is 10.1. The number of ether oxygens (including phenoxy) is 1. The third-order valence-electron chi connectivity index (χ3n) is 4.17. The molecule has 122 valence electrons. The second-order valence-electron chi connectivity index (χ2n) is 5.94. The van der Waals surface area contributed by atoms with Crippen molar-refractivity contribution < 1.29 is 4.74 Å². The zero-order valence-electron chi connectivity index (χ0n) is 13.4. The highest BCUT2D eigenvalue weighted by molar-refractivity contribution is 5.17. The highest BCUT2D eigenvalue weighted by Gasteiger charge is 2.21. The molecule has 23 heavy (non-hydrogen) atoms. The Morgan fingerprint density at radius 3 is 3.17 bits per heavy atom. The van der Waals surface area contributed by atoms with Gasteiger partial charge in [0.2, 0.25) is 0 Å². The zero-order valence-corrected chi connectivity index (χ0v) is 13.4. The molecular formula is C17H22N4O2. The van der Waals surface area contributed by atoms with Crippen molar-refractivity contribution in [3.63, 3.8) is 0 Å². The molecule has 0 amide bonds. The van der Waals surface area contributed by atoms with Crippen LogP contribution < -0.4 is 5.56 Å². The lowest BCUT2D eigenvalue weighted by Crippen LogP contribution is -2.42. The van der Waals surface area contributed by atoms with Crippen LogP contribution in [0.4, 0.5) is 0 Å². The van der Waals surface area contributed by atoms with Crippen LogP contribution in [-0.4, -0.2) is 45.7 Å². The summed E-state index contributed by atoms with van der Waals surface area (Å²) in [6.07, 6.45) is 5.10. The largest absolute Gasteiger partial charge is 0.376 e. The van der Waals surface area contributed by atoms with E-state index in [0.717, 1.165) is 50.5 Å². The fourth-order valence-corrected chi connectivity index (χ4v) is 2.85. The minimum Gasteiger partial charge on any atom is -0.376 e. The molecule has 1 aliphatic heterocycles. The number of nitrogens with one attached hydrogen (secondary N) is 1. The van der Waals surface area contributed by atoms with Gasteiger partial charge in [0.15, 0.2) is 0 Å². The Morgan fingerprint density at radius 1 is 1.43 bits per heavy atom. The third-order valence-corrected chi connectivity index (χ3v) is 4.17. The predicted octanol–water partition coefficient (Wildman–Crippen LogP) is 1.31. The van der Waals surface area contributed by atoms with E-state index in [-0.39, 0.29) is 11.7 Å². The summed E-state index contributed by atoms with van der Waals surface area (Å²) in [6.45, 7) is 5.50. The van der Waals surface area contributed by atoms with Gasteiger partial charge in [-0.05, 0) is 31.4 Å². The van der Waals surface area contributed by atoms with Gasteiger partial charge in [-0.3, -0.25) is 14.7 Å². The Labute approximate surface area is 135 Å². The van der Waals surface area contributed by atoms with E-state index in [1.807, 2.05) is 12.3 Å². The van der Waals surface area contributed by atoms with Crippen LogP contribution in [0.15, 0.2) is 35.5 Å². The number of hydrogen-bond acceptors (Lipinski definition) is 5. The molecule has 2 aromatic heterocycles. The number of nitrogens with zero attached hydrogens (tertiary/aromatic N) is 3. The number of rotatable bonds is 5. The van der Waals surface area contributed by atoms with E-state index in [0.29, 0.717) is 0 Å². The fourth-order valence-electron chi connectivity index (χ4n) is 2.85. The maximum Gasteiger partial charge on any atom is 0.250 e. The first-order chi connectivity index (χ1) is 11.2. The van der Waals surface area contributed by atoms with Gasteiger partial charge in [-0.2, -0.15) is 0 Å². The highest BCUT2D eigenvalue weighted by Crippen LogP contribution is 2.14. The van der Waals surface area contributed by atoms with E-state index in [1.54, 1.807) is 6.07 Å².